The molecule has 0 radical (unpaired) electrons. The van der Waals surface area contributed by atoms with Crippen LogP contribution < -0.4 is 14.8 Å². The summed E-state index contributed by atoms with van der Waals surface area (Å²) in [5, 5.41) is 3.36. The number of likely N-dealkylation sites (N-methyl/N-ethyl adjacent to an activating group) is 1. The predicted octanol–water partition coefficient (Wildman–Crippen LogP) is 2.83. The van der Waals surface area contributed by atoms with Crippen molar-refractivity contribution in [3.63, 3.8) is 0 Å². The van der Waals surface area contributed by atoms with Crippen LogP contribution in [-0.2, 0) is 10.0 Å². The Kier molecular flexibility index (Phi) is 8.10. The van der Waals surface area contributed by atoms with Crippen molar-refractivity contribution in [2.75, 3.05) is 20.2 Å². The SMILES string of the molecule is CNC(C)CNS(=O)(=O)c1cc(Cl)ccc1OCCC1CC1.Cl. The molecule has 1 aliphatic carbocycles. The van der Waals surface area contributed by atoms with Crippen LogP contribution in [0.4, 0.5) is 0 Å². The maximum Gasteiger partial charge on any atom is 0.244 e. The van der Waals surface area contributed by atoms with Crippen LogP contribution in [0.1, 0.15) is 26.2 Å². The Bertz CT molecular complexity index is 607. The van der Waals surface area contributed by atoms with Gasteiger partial charge >= 0.3 is 0 Å². The number of halogens is 2. The van der Waals surface area contributed by atoms with Crippen LogP contribution in [-0.4, -0.2) is 34.7 Å². The van der Waals surface area contributed by atoms with Gasteiger partial charge in [-0.15, -0.1) is 12.4 Å². The fourth-order valence-electron chi connectivity index (χ4n) is 1.97. The van der Waals surface area contributed by atoms with Crippen molar-refractivity contribution in [1.29, 1.82) is 0 Å². The third-order valence-electron chi connectivity index (χ3n) is 3.75. The van der Waals surface area contributed by atoms with Crippen LogP contribution >= 0.6 is 24.0 Å². The highest BCUT2D eigenvalue weighted by Crippen LogP contribution is 2.33. The second kappa shape index (κ2) is 9.08. The lowest BCUT2D eigenvalue weighted by Gasteiger charge is -2.15. The Balaban J connectivity index is 0.00000264. The van der Waals surface area contributed by atoms with Gasteiger partial charge in [0.1, 0.15) is 10.6 Å². The lowest BCUT2D eigenvalue weighted by molar-refractivity contribution is 0.295. The van der Waals surface area contributed by atoms with Gasteiger partial charge in [-0.1, -0.05) is 24.4 Å². The molecule has 1 aromatic carbocycles. The van der Waals surface area contributed by atoms with Gasteiger partial charge in [0.25, 0.3) is 0 Å². The molecule has 132 valence electrons. The maximum absolute atomic E-state index is 12.5. The van der Waals surface area contributed by atoms with Gasteiger partial charge in [0.15, 0.2) is 0 Å². The molecule has 1 aliphatic rings. The van der Waals surface area contributed by atoms with Crippen LogP contribution in [0, 0.1) is 5.92 Å². The molecule has 2 rings (SSSR count). The molecule has 2 N–H and O–H groups in total. The molecule has 0 bridgehead atoms. The van der Waals surface area contributed by atoms with E-state index in [0.29, 0.717) is 23.9 Å². The Labute approximate surface area is 149 Å². The zero-order valence-electron chi connectivity index (χ0n) is 13.3. The average Bonchev–Trinajstić information content (AvgIpc) is 3.30. The summed E-state index contributed by atoms with van der Waals surface area (Å²) in [5.74, 6) is 1.09. The van der Waals surface area contributed by atoms with Crippen molar-refractivity contribution in [3.8, 4) is 5.75 Å². The number of nitrogens with one attached hydrogen (secondary N) is 2. The molecule has 0 heterocycles. The Morgan fingerprint density at radius 3 is 2.70 bits per heavy atom. The van der Waals surface area contributed by atoms with E-state index < -0.39 is 10.0 Å². The standard InChI is InChI=1S/C15H23ClN2O3S.ClH/c1-11(17-2)10-18-22(19,20)15-9-13(16)5-6-14(15)21-8-7-12-3-4-12;/h5-6,9,11-12,17-18H,3-4,7-8,10H2,1-2H3;1H. The number of hydrogen-bond acceptors (Lipinski definition) is 4. The molecule has 0 saturated heterocycles. The van der Waals surface area contributed by atoms with E-state index in [4.69, 9.17) is 16.3 Å². The highest BCUT2D eigenvalue weighted by atomic mass is 35.5. The van der Waals surface area contributed by atoms with E-state index >= 15 is 0 Å². The van der Waals surface area contributed by atoms with Gasteiger partial charge in [-0.05, 0) is 44.5 Å². The second-order valence-corrected chi connectivity index (χ2v) is 7.89. The van der Waals surface area contributed by atoms with Crippen molar-refractivity contribution >= 4 is 34.0 Å². The van der Waals surface area contributed by atoms with E-state index in [-0.39, 0.29) is 23.3 Å². The van der Waals surface area contributed by atoms with Crippen LogP contribution in [0.5, 0.6) is 5.75 Å². The molecule has 0 amide bonds. The summed E-state index contributed by atoms with van der Waals surface area (Å²) in [7, 11) is -1.87. The zero-order valence-corrected chi connectivity index (χ0v) is 15.7. The second-order valence-electron chi connectivity index (χ2n) is 5.71. The zero-order chi connectivity index (χ0) is 16.2. The van der Waals surface area contributed by atoms with E-state index in [2.05, 4.69) is 10.0 Å². The number of ether oxygens (including phenoxy) is 1. The van der Waals surface area contributed by atoms with Gasteiger partial charge in [-0.3, -0.25) is 0 Å². The van der Waals surface area contributed by atoms with Crippen molar-refractivity contribution in [2.24, 2.45) is 5.92 Å². The van der Waals surface area contributed by atoms with Crippen molar-refractivity contribution in [1.82, 2.24) is 10.0 Å². The van der Waals surface area contributed by atoms with Gasteiger partial charge in [0.2, 0.25) is 10.0 Å². The van der Waals surface area contributed by atoms with E-state index in [1.165, 1.54) is 18.9 Å². The largest absolute Gasteiger partial charge is 0.492 e. The van der Waals surface area contributed by atoms with Gasteiger partial charge < -0.3 is 10.1 Å². The molecule has 1 unspecified atom stereocenters. The third kappa shape index (κ3) is 6.47. The quantitative estimate of drug-likeness (QED) is 0.688. The first-order valence-corrected chi connectivity index (χ1v) is 9.38. The van der Waals surface area contributed by atoms with Gasteiger partial charge in [0.05, 0.1) is 6.61 Å². The first-order chi connectivity index (χ1) is 10.4. The molecule has 8 heteroatoms. The fraction of sp³-hybridized carbons (Fsp3) is 0.600. The first kappa shape index (κ1) is 20.5. The summed E-state index contributed by atoms with van der Waals surface area (Å²) in [4.78, 5) is 0.0964. The number of hydrogen-bond donors (Lipinski definition) is 2. The molecule has 1 fully saturated rings. The van der Waals surface area contributed by atoms with E-state index in [9.17, 15) is 8.42 Å². The van der Waals surface area contributed by atoms with Gasteiger partial charge in [0, 0.05) is 17.6 Å². The van der Waals surface area contributed by atoms with E-state index in [1.54, 1.807) is 19.2 Å². The monoisotopic (exact) mass is 382 g/mol. The van der Waals surface area contributed by atoms with Crippen molar-refractivity contribution in [3.05, 3.63) is 23.2 Å². The molecule has 1 aromatic rings. The Hall–Kier alpha value is -0.530. The highest BCUT2D eigenvalue weighted by molar-refractivity contribution is 7.89. The van der Waals surface area contributed by atoms with Gasteiger partial charge in [-0.25, -0.2) is 13.1 Å². The minimum absolute atomic E-state index is 0. The normalized spacial score (nSPS) is 15.8. The topological polar surface area (TPSA) is 67.4 Å². The van der Waals surface area contributed by atoms with Crippen LogP contribution in [0.15, 0.2) is 23.1 Å². The molecule has 0 aliphatic heterocycles. The van der Waals surface area contributed by atoms with Crippen molar-refractivity contribution in [2.45, 2.75) is 37.1 Å². The number of benzene rings is 1. The molecule has 23 heavy (non-hydrogen) atoms. The molecule has 5 nitrogen and oxygen atoms in total. The summed E-state index contributed by atoms with van der Waals surface area (Å²) in [6, 6.07) is 4.72. The Morgan fingerprint density at radius 1 is 1.39 bits per heavy atom. The summed E-state index contributed by atoms with van der Waals surface area (Å²) in [6.07, 6.45) is 3.46. The molecule has 1 atom stereocenters. The molecular formula is C15H24Cl2N2O3S. The summed E-state index contributed by atoms with van der Waals surface area (Å²) < 4.78 is 33.2. The lowest BCUT2D eigenvalue weighted by Crippen LogP contribution is -2.37. The van der Waals surface area contributed by atoms with Crippen LogP contribution in [0.25, 0.3) is 0 Å². The summed E-state index contributed by atoms with van der Waals surface area (Å²) >= 11 is 5.95. The molecular weight excluding hydrogens is 359 g/mol. The lowest BCUT2D eigenvalue weighted by atomic mass is 10.3. The molecule has 0 spiro atoms. The maximum atomic E-state index is 12.5. The third-order valence-corrected chi connectivity index (χ3v) is 5.43. The van der Waals surface area contributed by atoms with E-state index in [0.717, 1.165) is 12.3 Å². The average molecular weight is 383 g/mol. The smallest absolute Gasteiger partial charge is 0.244 e. The first-order valence-electron chi connectivity index (χ1n) is 7.51. The summed E-state index contributed by atoms with van der Waals surface area (Å²) in [6.45, 7) is 2.72. The van der Waals surface area contributed by atoms with Crippen LogP contribution in [0.2, 0.25) is 5.02 Å². The fourth-order valence-corrected chi connectivity index (χ4v) is 3.50. The summed E-state index contributed by atoms with van der Waals surface area (Å²) in [5.41, 5.74) is 0. The minimum atomic E-state index is -3.65. The molecule has 1 saturated carbocycles. The predicted molar refractivity (Wildman–Crippen MR) is 95.2 cm³/mol. The van der Waals surface area contributed by atoms with Crippen molar-refractivity contribution < 1.29 is 13.2 Å². The molecule has 0 aromatic heterocycles. The van der Waals surface area contributed by atoms with Crippen LogP contribution in [0.3, 0.4) is 0 Å². The Morgan fingerprint density at radius 2 is 2.09 bits per heavy atom. The van der Waals surface area contributed by atoms with Gasteiger partial charge in [-0.2, -0.15) is 0 Å². The minimum Gasteiger partial charge on any atom is -0.492 e. The number of sulfonamides is 1. The van der Waals surface area contributed by atoms with E-state index in [1.807, 2.05) is 6.92 Å². The number of rotatable bonds is 9. The highest BCUT2D eigenvalue weighted by Gasteiger charge is 2.23.